The molecule has 0 radical (unpaired) electrons. The Bertz CT molecular complexity index is 1360. The molecule has 0 saturated carbocycles. The van der Waals surface area contributed by atoms with Crippen LogP contribution in [0.2, 0.25) is 5.02 Å². The van der Waals surface area contributed by atoms with E-state index >= 15 is 0 Å². The summed E-state index contributed by atoms with van der Waals surface area (Å²) in [5, 5.41) is 4.46. The van der Waals surface area contributed by atoms with Crippen LogP contribution in [0.1, 0.15) is 21.5 Å². The predicted molar refractivity (Wildman–Crippen MR) is 141 cm³/mol. The summed E-state index contributed by atoms with van der Waals surface area (Å²) in [6.07, 6.45) is 1.44. The van der Waals surface area contributed by atoms with Crippen molar-refractivity contribution in [1.82, 2.24) is 5.43 Å². The molecule has 4 rings (SSSR count). The van der Waals surface area contributed by atoms with E-state index in [9.17, 15) is 9.59 Å². The Morgan fingerprint density at radius 1 is 0.784 bits per heavy atom. The molecule has 0 saturated heterocycles. The van der Waals surface area contributed by atoms with Crippen LogP contribution >= 0.6 is 11.6 Å². The Kier molecular flexibility index (Phi) is 8.88. The summed E-state index contributed by atoms with van der Waals surface area (Å²) in [5.74, 6) is 0.639. The summed E-state index contributed by atoms with van der Waals surface area (Å²) >= 11 is 5.84. The van der Waals surface area contributed by atoms with Gasteiger partial charge in [0.15, 0.2) is 6.61 Å². The number of hydrazone groups is 1. The molecular formula is C29H23ClN2O5. The molecule has 4 aromatic carbocycles. The first-order valence-electron chi connectivity index (χ1n) is 11.3. The van der Waals surface area contributed by atoms with Gasteiger partial charge in [-0.2, -0.15) is 5.10 Å². The number of nitrogens with zero attached hydrogens (tertiary/aromatic N) is 1. The standard InChI is InChI=1S/C29H23ClN2O5/c30-24-11-9-23(10-12-24)29(34)37-27-8-4-7-22(17-27)18-31-32-28(33)20-36-26-15-13-25(14-16-26)35-19-21-5-2-1-3-6-21/h1-18H,19-20H2,(H,32,33). The topological polar surface area (TPSA) is 86.2 Å². The van der Waals surface area contributed by atoms with Gasteiger partial charge >= 0.3 is 5.97 Å². The second-order valence-corrected chi connectivity index (χ2v) is 8.23. The molecule has 0 aromatic heterocycles. The van der Waals surface area contributed by atoms with Gasteiger partial charge in [-0.3, -0.25) is 4.79 Å². The average molecular weight is 515 g/mol. The minimum Gasteiger partial charge on any atom is -0.489 e. The van der Waals surface area contributed by atoms with Gasteiger partial charge < -0.3 is 14.2 Å². The first-order valence-corrected chi connectivity index (χ1v) is 11.7. The molecule has 0 aliphatic carbocycles. The van der Waals surface area contributed by atoms with Gasteiger partial charge in [-0.15, -0.1) is 0 Å². The van der Waals surface area contributed by atoms with E-state index in [-0.39, 0.29) is 6.61 Å². The zero-order chi connectivity index (χ0) is 25.9. The normalized spacial score (nSPS) is 10.6. The lowest BCUT2D eigenvalue weighted by Crippen LogP contribution is -2.24. The number of halogens is 1. The third-order valence-corrected chi connectivity index (χ3v) is 5.25. The number of ether oxygens (including phenoxy) is 3. The number of benzene rings is 4. The Morgan fingerprint density at radius 2 is 1.49 bits per heavy atom. The predicted octanol–water partition coefficient (Wildman–Crippen LogP) is 5.67. The monoisotopic (exact) mass is 514 g/mol. The average Bonchev–Trinajstić information content (AvgIpc) is 2.92. The molecule has 0 aliphatic heterocycles. The molecule has 7 nitrogen and oxygen atoms in total. The molecule has 0 atom stereocenters. The molecule has 0 aliphatic rings. The SMILES string of the molecule is O=C(COc1ccc(OCc2ccccc2)cc1)NN=Cc1cccc(OC(=O)c2ccc(Cl)cc2)c1. The van der Waals surface area contributed by atoms with Crippen LogP contribution in [-0.2, 0) is 11.4 Å². The number of nitrogens with one attached hydrogen (secondary N) is 1. The zero-order valence-corrected chi connectivity index (χ0v) is 20.4. The molecule has 186 valence electrons. The van der Waals surface area contributed by atoms with Gasteiger partial charge in [-0.25, -0.2) is 10.2 Å². The highest BCUT2D eigenvalue weighted by Crippen LogP contribution is 2.19. The number of carbonyl (C=O) groups is 2. The van der Waals surface area contributed by atoms with Gasteiger partial charge in [0.05, 0.1) is 11.8 Å². The zero-order valence-electron chi connectivity index (χ0n) is 19.7. The lowest BCUT2D eigenvalue weighted by atomic mass is 10.2. The molecule has 0 heterocycles. The molecular weight excluding hydrogens is 492 g/mol. The summed E-state index contributed by atoms with van der Waals surface area (Å²) in [6.45, 7) is 0.259. The third kappa shape index (κ3) is 8.23. The number of carbonyl (C=O) groups excluding carboxylic acids is 2. The highest BCUT2D eigenvalue weighted by molar-refractivity contribution is 6.30. The Balaban J connectivity index is 1.21. The Hall–Kier alpha value is -4.62. The first kappa shape index (κ1) is 25.5. The summed E-state index contributed by atoms with van der Waals surface area (Å²) < 4.78 is 16.6. The number of rotatable bonds is 10. The maximum Gasteiger partial charge on any atom is 0.343 e. The van der Waals surface area contributed by atoms with Gasteiger partial charge in [-0.05, 0) is 71.8 Å². The smallest absolute Gasteiger partial charge is 0.343 e. The minimum absolute atomic E-state index is 0.208. The van der Waals surface area contributed by atoms with Crippen LogP contribution in [0, 0.1) is 0 Å². The van der Waals surface area contributed by atoms with Crippen LogP contribution in [0.15, 0.2) is 108 Å². The lowest BCUT2D eigenvalue weighted by Gasteiger charge is -2.08. The van der Waals surface area contributed by atoms with Crippen LogP contribution in [0.25, 0.3) is 0 Å². The third-order valence-electron chi connectivity index (χ3n) is 4.99. The second-order valence-electron chi connectivity index (χ2n) is 7.80. The van der Waals surface area contributed by atoms with Crippen molar-refractivity contribution in [2.75, 3.05) is 6.61 Å². The first-order chi connectivity index (χ1) is 18.0. The highest BCUT2D eigenvalue weighted by atomic mass is 35.5. The van der Waals surface area contributed by atoms with Crippen LogP contribution in [0.5, 0.6) is 17.2 Å². The van der Waals surface area contributed by atoms with Crippen molar-refractivity contribution in [1.29, 1.82) is 0 Å². The molecule has 4 aromatic rings. The molecule has 37 heavy (non-hydrogen) atoms. The van der Waals surface area contributed by atoms with Gasteiger partial charge in [0, 0.05) is 5.02 Å². The number of amides is 1. The fraction of sp³-hybridized carbons (Fsp3) is 0.0690. The van der Waals surface area contributed by atoms with E-state index in [0.717, 1.165) is 5.56 Å². The summed E-state index contributed by atoms with van der Waals surface area (Å²) in [7, 11) is 0. The molecule has 1 amide bonds. The molecule has 8 heteroatoms. The minimum atomic E-state index is -0.507. The van der Waals surface area contributed by atoms with E-state index in [2.05, 4.69) is 10.5 Å². The second kappa shape index (κ2) is 12.9. The highest BCUT2D eigenvalue weighted by Gasteiger charge is 2.09. The van der Waals surface area contributed by atoms with E-state index in [1.54, 1.807) is 72.8 Å². The van der Waals surface area contributed by atoms with Crippen LogP contribution in [-0.4, -0.2) is 24.7 Å². The number of hydrogen-bond donors (Lipinski definition) is 1. The maximum atomic E-state index is 12.3. The quantitative estimate of drug-likeness (QED) is 0.128. The lowest BCUT2D eigenvalue weighted by molar-refractivity contribution is -0.123. The maximum absolute atomic E-state index is 12.3. The van der Waals surface area contributed by atoms with Crippen molar-refractivity contribution in [3.05, 3.63) is 125 Å². The van der Waals surface area contributed by atoms with Crippen molar-refractivity contribution in [3.8, 4) is 17.2 Å². The fourth-order valence-electron chi connectivity index (χ4n) is 3.14. The molecule has 0 bridgehead atoms. The van der Waals surface area contributed by atoms with E-state index in [4.69, 9.17) is 25.8 Å². The van der Waals surface area contributed by atoms with E-state index in [1.807, 2.05) is 30.3 Å². The van der Waals surface area contributed by atoms with Gasteiger partial charge in [-0.1, -0.05) is 54.1 Å². The van der Waals surface area contributed by atoms with Crippen LogP contribution in [0.3, 0.4) is 0 Å². The van der Waals surface area contributed by atoms with Crippen LogP contribution < -0.4 is 19.6 Å². The molecule has 0 unspecified atom stereocenters. The number of hydrogen-bond acceptors (Lipinski definition) is 6. The van der Waals surface area contributed by atoms with Gasteiger partial charge in [0.25, 0.3) is 5.91 Å². The molecule has 1 N–H and O–H groups in total. The van der Waals surface area contributed by atoms with Crippen molar-refractivity contribution in [3.63, 3.8) is 0 Å². The van der Waals surface area contributed by atoms with Gasteiger partial charge in [0.1, 0.15) is 23.9 Å². The van der Waals surface area contributed by atoms with Crippen molar-refractivity contribution >= 4 is 29.7 Å². The summed E-state index contributed by atoms with van der Waals surface area (Å²) in [6, 6.07) is 30.0. The van der Waals surface area contributed by atoms with E-state index in [1.165, 1.54) is 6.21 Å². The summed E-state index contributed by atoms with van der Waals surface area (Å²) in [5.41, 5.74) is 4.49. The van der Waals surface area contributed by atoms with Crippen molar-refractivity contribution in [2.45, 2.75) is 6.61 Å². The number of esters is 1. The summed E-state index contributed by atoms with van der Waals surface area (Å²) in [4.78, 5) is 24.3. The molecule has 0 spiro atoms. The van der Waals surface area contributed by atoms with Crippen LogP contribution in [0.4, 0.5) is 0 Å². The van der Waals surface area contributed by atoms with Crippen molar-refractivity contribution in [2.24, 2.45) is 5.10 Å². The largest absolute Gasteiger partial charge is 0.489 e. The Labute approximate surface area is 219 Å². The Morgan fingerprint density at radius 3 is 2.22 bits per heavy atom. The van der Waals surface area contributed by atoms with Gasteiger partial charge in [0.2, 0.25) is 0 Å². The van der Waals surface area contributed by atoms with E-state index in [0.29, 0.717) is 40.0 Å². The molecule has 0 fully saturated rings. The van der Waals surface area contributed by atoms with Crippen molar-refractivity contribution < 1.29 is 23.8 Å². The van der Waals surface area contributed by atoms with E-state index < -0.39 is 11.9 Å². The fourth-order valence-corrected chi connectivity index (χ4v) is 3.27.